The zero-order valence-corrected chi connectivity index (χ0v) is 17.2. The maximum Gasteiger partial charge on any atom is 0.219 e. The number of likely N-dealkylation sites (tertiary alicyclic amines) is 1. The first kappa shape index (κ1) is 19.1. The summed E-state index contributed by atoms with van der Waals surface area (Å²) >= 11 is 0. The van der Waals surface area contributed by atoms with Crippen molar-refractivity contribution in [2.24, 2.45) is 0 Å². The van der Waals surface area contributed by atoms with E-state index in [0.717, 1.165) is 57.8 Å². The number of aromatic nitrogens is 2. The molecule has 148 valence electrons. The number of fused-ring (bicyclic) bond motifs is 1. The molecule has 1 saturated heterocycles. The van der Waals surface area contributed by atoms with Crippen LogP contribution >= 0.6 is 0 Å². The second kappa shape index (κ2) is 8.00. The van der Waals surface area contributed by atoms with Gasteiger partial charge in [0.25, 0.3) is 0 Å². The van der Waals surface area contributed by atoms with Gasteiger partial charge < -0.3 is 4.90 Å². The summed E-state index contributed by atoms with van der Waals surface area (Å²) in [5.41, 5.74) is 6.52. The van der Waals surface area contributed by atoms with E-state index in [2.05, 4.69) is 36.9 Å². The smallest absolute Gasteiger partial charge is 0.219 e. The number of hydrogen-bond donors (Lipinski definition) is 0. The highest BCUT2D eigenvalue weighted by Crippen LogP contribution is 2.27. The number of carbonyl (C=O) groups excluding carboxylic acids is 1. The van der Waals surface area contributed by atoms with Crippen LogP contribution in [0.4, 0.5) is 0 Å². The molecule has 1 amide bonds. The highest BCUT2D eigenvalue weighted by Gasteiger charge is 2.26. The molecule has 1 aromatic heterocycles. The number of piperidine rings is 1. The number of rotatable bonds is 3. The number of nitrogens with zero attached hydrogens (tertiary/aromatic N) is 4. The average molecular weight is 379 g/mol. The molecule has 28 heavy (non-hydrogen) atoms. The molecule has 0 spiro atoms. The molecule has 3 heterocycles. The van der Waals surface area contributed by atoms with E-state index < -0.39 is 0 Å². The molecule has 2 aliphatic heterocycles. The minimum Gasteiger partial charge on any atom is -0.342 e. The van der Waals surface area contributed by atoms with Crippen molar-refractivity contribution in [3.05, 3.63) is 58.2 Å². The van der Waals surface area contributed by atoms with Gasteiger partial charge in [0.05, 0.1) is 0 Å². The molecule has 0 saturated carbocycles. The van der Waals surface area contributed by atoms with Crippen molar-refractivity contribution in [3.63, 3.8) is 0 Å². The summed E-state index contributed by atoms with van der Waals surface area (Å²) in [4.78, 5) is 25.7. The number of benzene rings is 1. The highest BCUT2D eigenvalue weighted by atomic mass is 16.2. The van der Waals surface area contributed by atoms with E-state index >= 15 is 0 Å². The standard InChI is InChI=1S/C23H30N4O/c1-16-6-7-19(11-17(16)2)13-26-10-8-22-21(14-26)12-24-23(25-22)20-5-4-9-27(15-20)18(3)28/h6-7,11-12,20H,4-5,8-10,13-15H2,1-3H3/t20-/m1/s1. The summed E-state index contributed by atoms with van der Waals surface area (Å²) in [6.45, 7) is 10.5. The van der Waals surface area contributed by atoms with E-state index in [-0.39, 0.29) is 11.8 Å². The summed E-state index contributed by atoms with van der Waals surface area (Å²) in [5.74, 6) is 1.36. The second-order valence-electron chi connectivity index (χ2n) is 8.38. The summed E-state index contributed by atoms with van der Waals surface area (Å²) in [7, 11) is 0. The van der Waals surface area contributed by atoms with Crippen molar-refractivity contribution in [1.82, 2.24) is 19.8 Å². The fraction of sp³-hybridized carbons (Fsp3) is 0.522. The summed E-state index contributed by atoms with van der Waals surface area (Å²) < 4.78 is 0. The van der Waals surface area contributed by atoms with Gasteiger partial charge in [-0.1, -0.05) is 18.2 Å². The van der Waals surface area contributed by atoms with Gasteiger partial charge in [0.1, 0.15) is 5.82 Å². The van der Waals surface area contributed by atoms with Crippen LogP contribution in [0.2, 0.25) is 0 Å². The lowest BCUT2D eigenvalue weighted by atomic mass is 9.96. The molecule has 0 unspecified atom stereocenters. The van der Waals surface area contributed by atoms with Gasteiger partial charge in [-0.15, -0.1) is 0 Å². The Bertz CT molecular complexity index is 879. The topological polar surface area (TPSA) is 49.3 Å². The SMILES string of the molecule is CC(=O)N1CCC[C@@H](c2ncc3c(n2)CCN(Cc2ccc(C)c(C)c2)C3)C1. The van der Waals surface area contributed by atoms with Crippen molar-refractivity contribution in [3.8, 4) is 0 Å². The Morgan fingerprint density at radius 3 is 2.86 bits per heavy atom. The molecule has 0 aliphatic carbocycles. The first-order chi connectivity index (χ1) is 13.5. The normalized spacial score (nSPS) is 20.1. The van der Waals surface area contributed by atoms with Gasteiger partial charge in [0, 0.05) is 69.4 Å². The Morgan fingerprint density at radius 2 is 2.07 bits per heavy atom. The Labute approximate surface area is 167 Å². The van der Waals surface area contributed by atoms with E-state index in [0.29, 0.717) is 0 Å². The van der Waals surface area contributed by atoms with Crippen LogP contribution in [0.3, 0.4) is 0 Å². The van der Waals surface area contributed by atoms with Crippen LogP contribution in [0.15, 0.2) is 24.4 Å². The molecule has 0 radical (unpaired) electrons. The molecule has 0 bridgehead atoms. The summed E-state index contributed by atoms with van der Waals surface area (Å²) in [5, 5.41) is 0. The quantitative estimate of drug-likeness (QED) is 0.822. The second-order valence-corrected chi connectivity index (χ2v) is 8.38. The monoisotopic (exact) mass is 378 g/mol. The van der Waals surface area contributed by atoms with Gasteiger partial charge in [-0.25, -0.2) is 9.97 Å². The number of aryl methyl sites for hydroxylation is 2. The van der Waals surface area contributed by atoms with Crippen LogP contribution in [0.25, 0.3) is 0 Å². The van der Waals surface area contributed by atoms with Crippen molar-refractivity contribution < 1.29 is 4.79 Å². The average Bonchev–Trinajstić information content (AvgIpc) is 2.70. The fourth-order valence-electron chi connectivity index (χ4n) is 4.36. The van der Waals surface area contributed by atoms with E-state index in [1.807, 2.05) is 11.1 Å². The molecule has 5 nitrogen and oxygen atoms in total. The molecule has 1 aromatic carbocycles. The van der Waals surface area contributed by atoms with Crippen LogP contribution in [-0.4, -0.2) is 45.3 Å². The van der Waals surface area contributed by atoms with Gasteiger partial charge in [-0.05, 0) is 43.4 Å². The lowest BCUT2D eigenvalue weighted by Gasteiger charge is -2.32. The predicted molar refractivity (Wildman–Crippen MR) is 110 cm³/mol. The van der Waals surface area contributed by atoms with Gasteiger partial charge in [-0.3, -0.25) is 9.69 Å². The minimum absolute atomic E-state index is 0.157. The van der Waals surface area contributed by atoms with Crippen LogP contribution in [0, 0.1) is 13.8 Å². The van der Waals surface area contributed by atoms with Crippen molar-refractivity contribution in [1.29, 1.82) is 0 Å². The Hall–Kier alpha value is -2.27. The van der Waals surface area contributed by atoms with E-state index in [9.17, 15) is 4.79 Å². The maximum atomic E-state index is 11.7. The largest absolute Gasteiger partial charge is 0.342 e. The van der Waals surface area contributed by atoms with Crippen LogP contribution in [-0.2, 0) is 24.3 Å². The maximum absolute atomic E-state index is 11.7. The van der Waals surface area contributed by atoms with Crippen LogP contribution in [0.5, 0.6) is 0 Å². The zero-order chi connectivity index (χ0) is 19.7. The zero-order valence-electron chi connectivity index (χ0n) is 17.2. The molecule has 0 N–H and O–H groups in total. The Balaban J connectivity index is 1.44. The van der Waals surface area contributed by atoms with Crippen molar-refractivity contribution in [2.45, 2.75) is 59.0 Å². The first-order valence-corrected chi connectivity index (χ1v) is 10.4. The highest BCUT2D eigenvalue weighted by molar-refractivity contribution is 5.73. The van der Waals surface area contributed by atoms with E-state index in [1.54, 1.807) is 6.92 Å². The molecule has 1 atom stereocenters. The molecule has 2 aromatic rings. The minimum atomic E-state index is 0.157. The lowest BCUT2D eigenvalue weighted by molar-refractivity contribution is -0.130. The molecular weight excluding hydrogens is 348 g/mol. The molecule has 5 heteroatoms. The molecule has 4 rings (SSSR count). The van der Waals surface area contributed by atoms with Gasteiger partial charge in [-0.2, -0.15) is 0 Å². The molecule has 1 fully saturated rings. The van der Waals surface area contributed by atoms with Gasteiger partial charge in [0.2, 0.25) is 5.91 Å². The van der Waals surface area contributed by atoms with E-state index in [4.69, 9.17) is 9.97 Å². The van der Waals surface area contributed by atoms with Crippen LogP contribution < -0.4 is 0 Å². The van der Waals surface area contributed by atoms with E-state index in [1.165, 1.54) is 27.9 Å². The third-order valence-corrected chi connectivity index (χ3v) is 6.24. The molecule has 2 aliphatic rings. The fourth-order valence-corrected chi connectivity index (χ4v) is 4.36. The predicted octanol–water partition coefficient (Wildman–Crippen LogP) is 3.38. The van der Waals surface area contributed by atoms with Crippen molar-refractivity contribution in [2.75, 3.05) is 19.6 Å². The summed E-state index contributed by atoms with van der Waals surface area (Å²) in [6.07, 6.45) is 5.10. The third kappa shape index (κ3) is 4.09. The number of amides is 1. The molecular formula is C23H30N4O. The van der Waals surface area contributed by atoms with Crippen LogP contribution in [0.1, 0.15) is 59.5 Å². The number of carbonyl (C=O) groups is 1. The number of hydrogen-bond acceptors (Lipinski definition) is 4. The van der Waals surface area contributed by atoms with Gasteiger partial charge >= 0.3 is 0 Å². The summed E-state index contributed by atoms with van der Waals surface area (Å²) in [6, 6.07) is 6.75. The Kier molecular flexibility index (Phi) is 5.44. The lowest BCUT2D eigenvalue weighted by Crippen LogP contribution is -2.38. The van der Waals surface area contributed by atoms with Gasteiger partial charge in [0.15, 0.2) is 0 Å². The van der Waals surface area contributed by atoms with Crippen molar-refractivity contribution >= 4 is 5.91 Å². The first-order valence-electron chi connectivity index (χ1n) is 10.4. The third-order valence-electron chi connectivity index (χ3n) is 6.24. The Morgan fingerprint density at radius 1 is 1.21 bits per heavy atom.